The summed E-state index contributed by atoms with van der Waals surface area (Å²) in [6.07, 6.45) is 4.19. The third kappa shape index (κ3) is 3.89. The van der Waals surface area contributed by atoms with Crippen molar-refractivity contribution in [1.82, 2.24) is 4.98 Å². The molecule has 1 aliphatic rings. The van der Waals surface area contributed by atoms with Gasteiger partial charge in [0.2, 0.25) is 0 Å². The molecule has 5 heteroatoms. The number of anilines is 1. The summed E-state index contributed by atoms with van der Waals surface area (Å²) in [5.41, 5.74) is 7.36. The maximum atomic E-state index is 13.2. The van der Waals surface area contributed by atoms with Gasteiger partial charge < -0.3 is 0 Å². The van der Waals surface area contributed by atoms with Gasteiger partial charge >= 0.3 is 0 Å². The fourth-order valence-corrected chi connectivity index (χ4v) is 5.07. The molecule has 1 aromatic heterocycles. The van der Waals surface area contributed by atoms with Crippen molar-refractivity contribution in [1.29, 1.82) is 0 Å². The van der Waals surface area contributed by atoms with Crippen LogP contribution in [0.2, 0.25) is 0 Å². The van der Waals surface area contributed by atoms with E-state index in [1.807, 2.05) is 37.3 Å². The number of nitrogens with one attached hydrogen (secondary N) is 1. The maximum absolute atomic E-state index is 13.2. The van der Waals surface area contributed by atoms with E-state index in [2.05, 4.69) is 33.7 Å². The third-order valence-corrected chi connectivity index (χ3v) is 6.83. The van der Waals surface area contributed by atoms with Crippen molar-refractivity contribution in [2.75, 3.05) is 4.72 Å². The zero-order valence-corrected chi connectivity index (χ0v) is 18.3. The first kappa shape index (κ1) is 20.0. The molecule has 0 amide bonds. The number of nitrogens with zero attached hydrogens (tertiary/aromatic N) is 1. The Morgan fingerprint density at radius 1 is 0.844 bits per heavy atom. The number of aromatic nitrogens is 1. The van der Waals surface area contributed by atoms with Crippen molar-refractivity contribution >= 4 is 15.7 Å². The van der Waals surface area contributed by atoms with Crippen LogP contribution >= 0.6 is 0 Å². The Bertz CT molecular complexity index is 1510. The topological polar surface area (TPSA) is 59.1 Å². The van der Waals surface area contributed by atoms with Gasteiger partial charge in [0.1, 0.15) is 0 Å². The van der Waals surface area contributed by atoms with Gasteiger partial charge in [-0.2, -0.15) is 0 Å². The molecule has 0 fully saturated rings. The minimum atomic E-state index is -3.76. The SMILES string of the molecule is Cc1cncc(C#Cc2ccccc2NS(=O)(=O)c2ccc3c(c2)Cc2ccccc2-3)c1. The van der Waals surface area contributed by atoms with Gasteiger partial charge in [-0.25, -0.2) is 8.42 Å². The van der Waals surface area contributed by atoms with Crippen LogP contribution < -0.4 is 4.72 Å². The van der Waals surface area contributed by atoms with Crippen LogP contribution in [0.1, 0.15) is 27.8 Å². The fraction of sp³-hybridized carbons (Fsp3) is 0.0741. The predicted octanol–water partition coefficient (Wildman–Crippen LogP) is 5.16. The standard InChI is InChI=1S/C27H20N2O2S/c1-19-14-20(18-28-17-19)10-11-21-6-3-5-9-27(21)29-32(30,31)24-12-13-26-23(16-24)15-22-7-2-4-8-25(22)26/h2-9,12-14,16-18,29H,15H2,1H3. The van der Waals surface area contributed by atoms with Crippen LogP contribution in [0.15, 0.2) is 90.1 Å². The smallest absolute Gasteiger partial charge is 0.261 e. The lowest BCUT2D eigenvalue weighted by atomic mass is 10.1. The van der Waals surface area contributed by atoms with Crippen molar-refractivity contribution in [2.45, 2.75) is 18.2 Å². The summed E-state index contributed by atoms with van der Waals surface area (Å²) in [7, 11) is -3.76. The number of hydrogen-bond donors (Lipinski definition) is 1. The lowest BCUT2D eigenvalue weighted by molar-refractivity contribution is 0.601. The summed E-state index contributed by atoms with van der Waals surface area (Å²) < 4.78 is 29.1. The molecule has 0 unspecified atom stereocenters. The van der Waals surface area contributed by atoms with Gasteiger partial charge in [-0.05, 0) is 71.5 Å². The number of para-hydroxylation sites is 1. The number of fused-ring (bicyclic) bond motifs is 3. The van der Waals surface area contributed by atoms with E-state index in [9.17, 15) is 8.42 Å². The van der Waals surface area contributed by atoms with Crippen LogP contribution in [0.3, 0.4) is 0 Å². The zero-order valence-electron chi connectivity index (χ0n) is 17.5. The largest absolute Gasteiger partial charge is 0.278 e. The molecular formula is C27H20N2O2S. The average molecular weight is 437 g/mol. The number of pyridine rings is 1. The Labute approximate surface area is 188 Å². The Kier molecular flexibility index (Phi) is 5.01. The molecule has 0 radical (unpaired) electrons. The van der Waals surface area contributed by atoms with Crippen molar-refractivity contribution in [3.63, 3.8) is 0 Å². The minimum Gasteiger partial charge on any atom is -0.278 e. The normalized spacial score (nSPS) is 11.8. The number of hydrogen-bond acceptors (Lipinski definition) is 3. The summed E-state index contributed by atoms with van der Waals surface area (Å²) >= 11 is 0. The van der Waals surface area contributed by atoms with Gasteiger partial charge in [0, 0.05) is 23.5 Å². The molecule has 1 N–H and O–H groups in total. The van der Waals surface area contributed by atoms with Gasteiger partial charge in [-0.3, -0.25) is 9.71 Å². The molecule has 0 aliphatic heterocycles. The average Bonchev–Trinajstić information content (AvgIpc) is 3.16. The molecule has 0 atom stereocenters. The zero-order chi connectivity index (χ0) is 22.1. The molecular weight excluding hydrogens is 416 g/mol. The monoisotopic (exact) mass is 436 g/mol. The highest BCUT2D eigenvalue weighted by molar-refractivity contribution is 7.92. The van der Waals surface area contributed by atoms with Crippen LogP contribution in [-0.2, 0) is 16.4 Å². The van der Waals surface area contributed by atoms with Crippen LogP contribution in [-0.4, -0.2) is 13.4 Å². The molecule has 32 heavy (non-hydrogen) atoms. The van der Waals surface area contributed by atoms with Gasteiger partial charge in [-0.15, -0.1) is 0 Å². The van der Waals surface area contributed by atoms with Crippen LogP contribution in [0.4, 0.5) is 5.69 Å². The number of aryl methyl sites for hydroxylation is 1. The van der Waals surface area contributed by atoms with Gasteiger partial charge in [0.15, 0.2) is 0 Å². The highest BCUT2D eigenvalue weighted by Crippen LogP contribution is 2.37. The first-order valence-electron chi connectivity index (χ1n) is 10.3. The van der Waals surface area contributed by atoms with Crippen molar-refractivity contribution in [2.24, 2.45) is 0 Å². The van der Waals surface area contributed by atoms with Crippen molar-refractivity contribution in [3.8, 4) is 23.0 Å². The lowest BCUT2D eigenvalue weighted by Crippen LogP contribution is -2.14. The maximum Gasteiger partial charge on any atom is 0.261 e. The van der Waals surface area contributed by atoms with Gasteiger partial charge in [0.05, 0.1) is 10.6 Å². The third-order valence-electron chi connectivity index (χ3n) is 5.46. The predicted molar refractivity (Wildman–Crippen MR) is 127 cm³/mol. The molecule has 0 saturated carbocycles. The second kappa shape index (κ2) is 7.99. The number of benzene rings is 3. The van der Waals surface area contributed by atoms with Crippen LogP contribution in [0.5, 0.6) is 0 Å². The van der Waals surface area contributed by atoms with E-state index in [1.165, 1.54) is 11.1 Å². The molecule has 0 spiro atoms. The van der Waals surface area contributed by atoms with E-state index in [4.69, 9.17) is 0 Å². The summed E-state index contributed by atoms with van der Waals surface area (Å²) in [5, 5.41) is 0. The second-order valence-corrected chi connectivity index (χ2v) is 9.49. The Morgan fingerprint density at radius 3 is 2.50 bits per heavy atom. The second-order valence-electron chi connectivity index (χ2n) is 7.80. The quantitative estimate of drug-likeness (QED) is 0.397. The van der Waals surface area contributed by atoms with E-state index in [0.29, 0.717) is 11.3 Å². The number of sulfonamides is 1. The Balaban J connectivity index is 1.45. The summed E-state index contributed by atoms with van der Waals surface area (Å²) in [5.74, 6) is 6.13. The Hall–Kier alpha value is -3.88. The van der Waals surface area contributed by atoms with Gasteiger partial charge in [-0.1, -0.05) is 54.3 Å². The molecule has 4 aromatic rings. The molecule has 156 valence electrons. The summed E-state index contributed by atoms with van der Waals surface area (Å²) in [6, 6.07) is 22.6. The number of rotatable bonds is 3. The Morgan fingerprint density at radius 2 is 1.62 bits per heavy atom. The summed E-state index contributed by atoms with van der Waals surface area (Å²) in [6.45, 7) is 1.95. The van der Waals surface area contributed by atoms with E-state index in [-0.39, 0.29) is 4.90 Å². The summed E-state index contributed by atoms with van der Waals surface area (Å²) in [4.78, 5) is 4.39. The van der Waals surface area contributed by atoms with Gasteiger partial charge in [0.25, 0.3) is 10.0 Å². The first-order chi connectivity index (χ1) is 15.5. The first-order valence-corrected chi connectivity index (χ1v) is 11.7. The van der Waals surface area contributed by atoms with Crippen LogP contribution in [0.25, 0.3) is 11.1 Å². The van der Waals surface area contributed by atoms with Crippen LogP contribution in [0, 0.1) is 18.8 Å². The highest BCUT2D eigenvalue weighted by Gasteiger charge is 2.22. The van der Waals surface area contributed by atoms with E-state index in [1.54, 1.807) is 42.7 Å². The van der Waals surface area contributed by atoms with E-state index in [0.717, 1.165) is 28.7 Å². The molecule has 5 rings (SSSR count). The minimum absolute atomic E-state index is 0.245. The lowest BCUT2D eigenvalue weighted by Gasteiger charge is -2.11. The molecule has 4 nitrogen and oxygen atoms in total. The molecule has 0 saturated heterocycles. The highest BCUT2D eigenvalue weighted by atomic mass is 32.2. The molecule has 1 aliphatic carbocycles. The molecule has 1 heterocycles. The van der Waals surface area contributed by atoms with E-state index >= 15 is 0 Å². The molecule has 0 bridgehead atoms. The fourth-order valence-electron chi connectivity index (χ4n) is 3.94. The molecule has 3 aromatic carbocycles. The van der Waals surface area contributed by atoms with Crippen molar-refractivity contribution in [3.05, 3.63) is 113 Å². The van der Waals surface area contributed by atoms with Crippen molar-refractivity contribution < 1.29 is 8.42 Å². The van der Waals surface area contributed by atoms with E-state index < -0.39 is 10.0 Å².